The van der Waals surface area contributed by atoms with Crippen molar-refractivity contribution in [2.45, 2.75) is 6.42 Å². The molecule has 0 bridgehead atoms. The van der Waals surface area contributed by atoms with Gasteiger partial charge >= 0.3 is 12.0 Å². The minimum Gasteiger partial charge on any atom is -0.497 e. The molecule has 0 saturated carbocycles. The van der Waals surface area contributed by atoms with Crippen molar-refractivity contribution >= 4 is 29.4 Å². The van der Waals surface area contributed by atoms with Crippen LogP contribution >= 0.6 is 11.8 Å². The summed E-state index contributed by atoms with van der Waals surface area (Å²) in [7, 11) is 1.45. The molecular weight excluding hydrogens is 280 g/mol. The van der Waals surface area contributed by atoms with Crippen LogP contribution in [0, 0.1) is 0 Å². The second kappa shape index (κ2) is 8.31. The van der Waals surface area contributed by atoms with Gasteiger partial charge in [-0.1, -0.05) is 0 Å². The van der Waals surface area contributed by atoms with E-state index in [1.165, 1.54) is 19.2 Å². The number of hydrogen-bond donors (Lipinski definition) is 3. The Kier molecular flexibility index (Phi) is 6.72. The molecule has 0 fully saturated rings. The van der Waals surface area contributed by atoms with E-state index in [0.717, 1.165) is 12.2 Å². The molecule has 0 saturated heterocycles. The number of benzene rings is 1. The fraction of sp³-hybridized carbons (Fsp3) is 0.385. The van der Waals surface area contributed by atoms with Crippen molar-refractivity contribution in [3.05, 3.63) is 23.8 Å². The Hall–Kier alpha value is -1.89. The van der Waals surface area contributed by atoms with Crippen LogP contribution in [0.3, 0.4) is 0 Å². The number of methoxy groups -OCH3 is 1. The normalized spacial score (nSPS) is 9.90. The van der Waals surface area contributed by atoms with E-state index in [4.69, 9.17) is 9.84 Å². The molecule has 20 heavy (non-hydrogen) atoms. The number of aromatic carboxylic acids is 1. The summed E-state index contributed by atoms with van der Waals surface area (Å²) in [5.74, 6) is 0.262. The van der Waals surface area contributed by atoms with Crippen molar-refractivity contribution in [2.75, 3.05) is 31.0 Å². The van der Waals surface area contributed by atoms with Gasteiger partial charge in [-0.3, -0.25) is 0 Å². The maximum absolute atomic E-state index is 11.7. The highest BCUT2D eigenvalue weighted by molar-refractivity contribution is 7.98. The van der Waals surface area contributed by atoms with Gasteiger partial charge in [-0.25, -0.2) is 9.59 Å². The Morgan fingerprint density at radius 2 is 2.15 bits per heavy atom. The van der Waals surface area contributed by atoms with Gasteiger partial charge in [0.05, 0.1) is 18.4 Å². The SMILES string of the molecule is COc1ccc(NC(=O)NCCCSC)c(C(=O)O)c1. The molecule has 0 spiro atoms. The zero-order valence-corrected chi connectivity index (χ0v) is 12.3. The van der Waals surface area contributed by atoms with E-state index in [0.29, 0.717) is 12.3 Å². The average Bonchev–Trinajstić information content (AvgIpc) is 2.43. The number of carboxylic acid groups (broad SMARTS) is 1. The smallest absolute Gasteiger partial charge is 0.337 e. The van der Waals surface area contributed by atoms with Gasteiger partial charge in [0.2, 0.25) is 0 Å². The molecule has 6 nitrogen and oxygen atoms in total. The standard InChI is InChI=1S/C13H18N2O4S/c1-19-9-4-5-11(10(8-9)12(16)17)15-13(18)14-6-3-7-20-2/h4-5,8H,3,6-7H2,1-2H3,(H,16,17)(H2,14,15,18). The maximum atomic E-state index is 11.7. The molecule has 0 aliphatic carbocycles. The predicted octanol–water partition coefficient (Wildman–Crippen LogP) is 2.27. The number of rotatable bonds is 7. The predicted molar refractivity (Wildman–Crippen MR) is 80.0 cm³/mol. The summed E-state index contributed by atoms with van der Waals surface area (Å²) < 4.78 is 4.96. The molecule has 0 unspecified atom stereocenters. The lowest BCUT2D eigenvalue weighted by atomic mass is 10.1. The molecule has 1 rings (SSSR count). The maximum Gasteiger partial charge on any atom is 0.337 e. The van der Waals surface area contributed by atoms with E-state index in [1.54, 1.807) is 17.8 Å². The minimum absolute atomic E-state index is 0.0105. The van der Waals surface area contributed by atoms with E-state index >= 15 is 0 Å². The number of thioether (sulfide) groups is 1. The minimum atomic E-state index is -1.12. The number of nitrogens with one attached hydrogen (secondary N) is 2. The number of urea groups is 1. The highest BCUT2D eigenvalue weighted by Gasteiger charge is 2.13. The number of carboxylic acids is 1. The van der Waals surface area contributed by atoms with Crippen LogP contribution in [0.2, 0.25) is 0 Å². The van der Waals surface area contributed by atoms with Crippen LogP contribution in [-0.4, -0.2) is 42.8 Å². The molecule has 110 valence electrons. The van der Waals surface area contributed by atoms with Crippen LogP contribution in [0.5, 0.6) is 5.75 Å². The largest absolute Gasteiger partial charge is 0.497 e. The molecule has 7 heteroatoms. The van der Waals surface area contributed by atoms with Crippen LogP contribution in [0.15, 0.2) is 18.2 Å². The second-order valence-electron chi connectivity index (χ2n) is 3.94. The van der Waals surface area contributed by atoms with Gasteiger partial charge in [0, 0.05) is 6.54 Å². The molecule has 0 aliphatic rings. The molecule has 0 aliphatic heterocycles. The highest BCUT2D eigenvalue weighted by atomic mass is 32.2. The van der Waals surface area contributed by atoms with Crippen LogP contribution in [0.25, 0.3) is 0 Å². The summed E-state index contributed by atoms with van der Waals surface area (Å²) in [6.07, 6.45) is 2.86. The van der Waals surface area contributed by atoms with Gasteiger partial charge < -0.3 is 20.5 Å². The quantitative estimate of drug-likeness (QED) is 0.672. The lowest BCUT2D eigenvalue weighted by Gasteiger charge is -2.11. The highest BCUT2D eigenvalue weighted by Crippen LogP contribution is 2.22. The van der Waals surface area contributed by atoms with Gasteiger partial charge in [0.1, 0.15) is 5.75 Å². The van der Waals surface area contributed by atoms with Gasteiger partial charge in [-0.15, -0.1) is 0 Å². The third-order valence-electron chi connectivity index (χ3n) is 2.52. The lowest BCUT2D eigenvalue weighted by Crippen LogP contribution is -2.30. The number of ether oxygens (including phenoxy) is 1. The Morgan fingerprint density at radius 3 is 2.75 bits per heavy atom. The van der Waals surface area contributed by atoms with Crippen molar-refractivity contribution in [2.24, 2.45) is 0 Å². The van der Waals surface area contributed by atoms with E-state index in [-0.39, 0.29) is 11.3 Å². The number of anilines is 1. The van der Waals surface area contributed by atoms with Gasteiger partial charge in [0.15, 0.2) is 0 Å². The fourth-order valence-corrected chi connectivity index (χ4v) is 1.95. The molecule has 0 heterocycles. The van der Waals surface area contributed by atoms with Crippen molar-refractivity contribution in [3.63, 3.8) is 0 Å². The molecule has 2 amide bonds. The van der Waals surface area contributed by atoms with E-state index < -0.39 is 12.0 Å². The first-order valence-electron chi connectivity index (χ1n) is 6.03. The fourth-order valence-electron chi connectivity index (χ4n) is 1.52. The summed E-state index contributed by atoms with van der Waals surface area (Å²) in [5.41, 5.74) is 0.226. The third kappa shape index (κ3) is 5.00. The summed E-state index contributed by atoms with van der Waals surface area (Å²) in [4.78, 5) is 22.8. The molecule has 1 aromatic rings. The first-order chi connectivity index (χ1) is 9.58. The number of carbonyl (C=O) groups excluding carboxylic acids is 1. The topological polar surface area (TPSA) is 87.7 Å². The van der Waals surface area contributed by atoms with E-state index in [2.05, 4.69) is 10.6 Å². The molecule has 0 atom stereocenters. The second-order valence-corrected chi connectivity index (χ2v) is 4.93. The van der Waals surface area contributed by atoms with Gasteiger partial charge in [0.25, 0.3) is 0 Å². The van der Waals surface area contributed by atoms with Crippen molar-refractivity contribution in [1.29, 1.82) is 0 Å². The first kappa shape index (κ1) is 16.2. The van der Waals surface area contributed by atoms with Crippen molar-refractivity contribution < 1.29 is 19.4 Å². The van der Waals surface area contributed by atoms with Crippen LogP contribution in [-0.2, 0) is 0 Å². The summed E-state index contributed by atoms with van der Waals surface area (Å²) in [5, 5.41) is 14.3. The average molecular weight is 298 g/mol. The lowest BCUT2D eigenvalue weighted by molar-refractivity contribution is 0.0697. The molecular formula is C13H18N2O4S. The van der Waals surface area contributed by atoms with Crippen molar-refractivity contribution in [3.8, 4) is 5.75 Å². The monoisotopic (exact) mass is 298 g/mol. The molecule has 0 radical (unpaired) electrons. The van der Waals surface area contributed by atoms with Gasteiger partial charge in [-0.2, -0.15) is 11.8 Å². The van der Waals surface area contributed by atoms with E-state index in [9.17, 15) is 9.59 Å². The molecule has 3 N–H and O–H groups in total. The summed E-state index contributed by atoms with van der Waals surface area (Å²) >= 11 is 1.70. The Morgan fingerprint density at radius 1 is 1.40 bits per heavy atom. The summed E-state index contributed by atoms with van der Waals surface area (Å²) in [6, 6.07) is 4.05. The van der Waals surface area contributed by atoms with E-state index in [1.807, 2.05) is 6.26 Å². The Balaban J connectivity index is 2.66. The molecule has 0 aromatic heterocycles. The van der Waals surface area contributed by atoms with Crippen LogP contribution in [0.1, 0.15) is 16.8 Å². The van der Waals surface area contributed by atoms with Crippen LogP contribution in [0.4, 0.5) is 10.5 Å². The number of carbonyl (C=O) groups is 2. The Bertz CT molecular complexity index is 479. The van der Waals surface area contributed by atoms with Crippen molar-refractivity contribution in [1.82, 2.24) is 5.32 Å². The van der Waals surface area contributed by atoms with Gasteiger partial charge in [-0.05, 0) is 36.6 Å². The Labute approximate surface area is 121 Å². The first-order valence-corrected chi connectivity index (χ1v) is 7.43. The molecule has 1 aromatic carbocycles. The number of hydrogen-bond acceptors (Lipinski definition) is 4. The zero-order valence-electron chi connectivity index (χ0n) is 11.4. The summed E-state index contributed by atoms with van der Waals surface area (Å²) in [6.45, 7) is 0.547. The third-order valence-corrected chi connectivity index (χ3v) is 3.21. The zero-order chi connectivity index (χ0) is 15.0. The number of amides is 2. The van der Waals surface area contributed by atoms with Crippen LogP contribution < -0.4 is 15.4 Å².